The van der Waals surface area contributed by atoms with Crippen LogP contribution in [0.5, 0.6) is 0 Å². The summed E-state index contributed by atoms with van der Waals surface area (Å²) >= 11 is 1.04. The highest BCUT2D eigenvalue weighted by molar-refractivity contribution is 7.17. The largest absolute Gasteiger partial charge is 0.417 e. The zero-order chi connectivity index (χ0) is 14.0. The third-order valence-electron chi connectivity index (χ3n) is 2.55. The van der Waals surface area contributed by atoms with E-state index in [9.17, 15) is 18.0 Å². The van der Waals surface area contributed by atoms with Gasteiger partial charge in [-0.25, -0.2) is 0 Å². The van der Waals surface area contributed by atoms with E-state index >= 15 is 0 Å². The lowest BCUT2D eigenvalue weighted by atomic mass is 10.1. The predicted molar refractivity (Wildman–Crippen MR) is 68.1 cm³/mol. The number of hydrogen-bond donors (Lipinski definition) is 1. The molecule has 0 saturated heterocycles. The lowest BCUT2D eigenvalue weighted by Crippen LogP contribution is -2.15. The number of hydrogen-bond acceptors (Lipinski definition) is 2. The molecule has 0 aliphatic carbocycles. The maximum absolute atomic E-state index is 12.9. The van der Waals surface area contributed by atoms with E-state index in [0.717, 1.165) is 17.4 Å². The van der Waals surface area contributed by atoms with E-state index in [0.29, 0.717) is 9.75 Å². The van der Waals surface area contributed by atoms with Gasteiger partial charge in [-0.3, -0.25) is 4.79 Å². The van der Waals surface area contributed by atoms with Gasteiger partial charge in [0.15, 0.2) is 0 Å². The summed E-state index contributed by atoms with van der Waals surface area (Å²) in [4.78, 5) is 12.2. The number of rotatable bonds is 2. The summed E-state index contributed by atoms with van der Waals surface area (Å²) < 4.78 is 38.7. The van der Waals surface area contributed by atoms with Crippen LogP contribution in [0.2, 0.25) is 0 Å². The number of carbonyl (C=O) groups is 1. The molecule has 2 aromatic rings. The summed E-state index contributed by atoms with van der Waals surface area (Å²) in [6.45, 7) is 0. The van der Waals surface area contributed by atoms with E-state index in [1.807, 2.05) is 0 Å². The van der Waals surface area contributed by atoms with Crippen LogP contribution in [-0.4, -0.2) is 13.0 Å². The SMILES string of the molecule is CNC(=O)c1ccc(-c2ccccc2C(F)(F)F)s1. The Morgan fingerprint density at radius 2 is 1.84 bits per heavy atom. The molecule has 1 N–H and O–H groups in total. The van der Waals surface area contributed by atoms with Crippen LogP contribution in [0, 0.1) is 0 Å². The van der Waals surface area contributed by atoms with Gasteiger partial charge in [0.25, 0.3) is 5.91 Å². The summed E-state index contributed by atoms with van der Waals surface area (Å²) in [6.07, 6.45) is -4.41. The number of thiophene rings is 1. The first-order valence-electron chi connectivity index (χ1n) is 5.42. The summed E-state index contributed by atoms with van der Waals surface area (Å²) in [7, 11) is 1.48. The molecule has 0 atom stereocenters. The van der Waals surface area contributed by atoms with E-state index in [1.54, 1.807) is 6.07 Å². The average molecular weight is 285 g/mol. The zero-order valence-electron chi connectivity index (χ0n) is 9.91. The number of benzene rings is 1. The minimum atomic E-state index is -4.41. The molecule has 1 amide bonds. The first-order chi connectivity index (χ1) is 8.93. The van der Waals surface area contributed by atoms with Gasteiger partial charge in [-0.1, -0.05) is 18.2 Å². The number of nitrogens with one attached hydrogen (secondary N) is 1. The van der Waals surface area contributed by atoms with Gasteiger partial charge in [0.2, 0.25) is 0 Å². The highest BCUT2D eigenvalue weighted by Gasteiger charge is 2.33. The van der Waals surface area contributed by atoms with E-state index in [1.165, 1.54) is 31.3 Å². The van der Waals surface area contributed by atoms with E-state index in [-0.39, 0.29) is 11.5 Å². The first-order valence-corrected chi connectivity index (χ1v) is 6.23. The Labute approximate surface area is 111 Å². The molecule has 0 aliphatic rings. The number of halogens is 3. The standard InChI is InChI=1S/C13H10F3NOS/c1-17-12(18)11-7-6-10(19-11)8-4-2-3-5-9(8)13(14,15)16/h2-7H,1H3,(H,17,18). The molecule has 1 heterocycles. The Balaban J connectivity index is 2.48. The number of amides is 1. The molecule has 19 heavy (non-hydrogen) atoms. The van der Waals surface area contributed by atoms with Crippen molar-refractivity contribution in [2.24, 2.45) is 0 Å². The van der Waals surface area contributed by atoms with Crippen LogP contribution in [0.1, 0.15) is 15.2 Å². The molecule has 0 radical (unpaired) electrons. The fourth-order valence-corrected chi connectivity index (χ4v) is 2.66. The normalized spacial score (nSPS) is 11.4. The summed E-state index contributed by atoms with van der Waals surface area (Å²) in [6, 6.07) is 8.38. The van der Waals surface area contributed by atoms with Crippen LogP contribution >= 0.6 is 11.3 Å². The third kappa shape index (κ3) is 2.78. The second-order valence-electron chi connectivity index (χ2n) is 3.79. The van der Waals surface area contributed by atoms with Crippen molar-refractivity contribution < 1.29 is 18.0 Å². The van der Waals surface area contributed by atoms with Crippen LogP contribution in [0.4, 0.5) is 13.2 Å². The minimum absolute atomic E-state index is 0.0927. The van der Waals surface area contributed by atoms with Gasteiger partial charge in [0.1, 0.15) is 0 Å². The van der Waals surface area contributed by atoms with Gasteiger partial charge in [0, 0.05) is 17.5 Å². The summed E-state index contributed by atoms with van der Waals surface area (Å²) in [5.74, 6) is -0.305. The Morgan fingerprint density at radius 1 is 1.16 bits per heavy atom. The second kappa shape index (κ2) is 5.05. The summed E-state index contributed by atoms with van der Waals surface area (Å²) in [5, 5.41) is 2.44. The van der Waals surface area contributed by atoms with Gasteiger partial charge in [-0.05, 0) is 18.2 Å². The second-order valence-corrected chi connectivity index (χ2v) is 4.87. The van der Waals surface area contributed by atoms with Crippen molar-refractivity contribution in [3.8, 4) is 10.4 Å². The van der Waals surface area contributed by atoms with Crippen LogP contribution in [0.3, 0.4) is 0 Å². The van der Waals surface area contributed by atoms with Crippen molar-refractivity contribution in [1.29, 1.82) is 0 Å². The van der Waals surface area contributed by atoms with Gasteiger partial charge in [0.05, 0.1) is 10.4 Å². The van der Waals surface area contributed by atoms with Crippen LogP contribution in [0.15, 0.2) is 36.4 Å². The highest BCUT2D eigenvalue weighted by Crippen LogP contribution is 2.39. The van der Waals surface area contributed by atoms with Gasteiger partial charge >= 0.3 is 6.18 Å². The van der Waals surface area contributed by atoms with Gasteiger partial charge < -0.3 is 5.32 Å². The lowest BCUT2D eigenvalue weighted by molar-refractivity contribution is -0.137. The Kier molecular flexibility index (Phi) is 3.61. The van der Waals surface area contributed by atoms with E-state index in [2.05, 4.69) is 5.32 Å². The topological polar surface area (TPSA) is 29.1 Å². The molecule has 0 spiro atoms. The Bertz CT molecular complexity index is 604. The quantitative estimate of drug-likeness (QED) is 0.893. The molecule has 100 valence electrons. The molecular formula is C13H10F3NOS. The number of carbonyl (C=O) groups excluding carboxylic acids is 1. The number of alkyl halides is 3. The molecule has 0 aliphatic heterocycles. The summed E-state index contributed by atoms with van der Waals surface area (Å²) in [5.41, 5.74) is -0.601. The molecule has 2 rings (SSSR count). The van der Waals surface area contributed by atoms with Gasteiger partial charge in [-0.2, -0.15) is 13.2 Å². The maximum Gasteiger partial charge on any atom is 0.417 e. The molecule has 1 aromatic carbocycles. The third-order valence-corrected chi connectivity index (χ3v) is 3.67. The molecule has 6 heteroatoms. The fraction of sp³-hybridized carbons (Fsp3) is 0.154. The zero-order valence-corrected chi connectivity index (χ0v) is 10.7. The van der Waals surface area contributed by atoms with Crippen LogP contribution < -0.4 is 5.32 Å². The molecule has 0 saturated carbocycles. The monoisotopic (exact) mass is 285 g/mol. The molecule has 0 bridgehead atoms. The fourth-order valence-electron chi connectivity index (χ4n) is 1.67. The van der Waals surface area contributed by atoms with Crippen LogP contribution in [-0.2, 0) is 6.18 Å². The van der Waals surface area contributed by atoms with Crippen molar-refractivity contribution in [1.82, 2.24) is 5.32 Å². The molecule has 1 aromatic heterocycles. The Morgan fingerprint density at radius 3 is 2.47 bits per heavy atom. The van der Waals surface area contributed by atoms with Gasteiger partial charge in [-0.15, -0.1) is 11.3 Å². The van der Waals surface area contributed by atoms with Crippen molar-refractivity contribution in [3.05, 3.63) is 46.8 Å². The molecular weight excluding hydrogens is 275 g/mol. The van der Waals surface area contributed by atoms with Crippen LogP contribution in [0.25, 0.3) is 10.4 Å². The minimum Gasteiger partial charge on any atom is -0.354 e. The molecule has 0 fully saturated rings. The Hall–Kier alpha value is -1.82. The smallest absolute Gasteiger partial charge is 0.354 e. The van der Waals surface area contributed by atoms with Crippen molar-refractivity contribution in [2.75, 3.05) is 7.05 Å². The molecule has 0 unspecified atom stereocenters. The highest BCUT2D eigenvalue weighted by atomic mass is 32.1. The lowest BCUT2D eigenvalue weighted by Gasteiger charge is -2.11. The first kappa shape index (κ1) is 13.6. The average Bonchev–Trinajstić information content (AvgIpc) is 2.86. The van der Waals surface area contributed by atoms with E-state index < -0.39 is 11.7 Å². The van der Waals surface area contributed by atoms with Crippen molar-refractivity contribution in [2.45, 2.75) is 6.18 Å². The predicted octanol–water partition coefficient (Wildman–Crippen LogP) is 3.79. The van der Waals surface area contributed by atoms with Crippen molar-refractivity contribution in [3.63, 3.8) is 0 Å². The van der Waals surface area contributed by atoms with Crippen molar-refractivity contribution >= 4 is 17.2 Å². The molecule has 2 nitrogen and oxygen atoms in total. The van der Waals surface area contributed by atoms with E-state index in [4.69, 9.17) is 0 Å². The maximum atomic E-state index is 12.9.